The summed E-state index contributed by atoms with van der Waals surface area (Å²) in [5.41, 5.74) is 1.81. The molecule has 20 heavy (non-hydrogen) atoms. The topological polar surface area (TPSA) is 72.8 Å². The Morgan fingerprint density at radius 3 is 2.95 bits per heavy atom. The number of methoxy groups -OCH3 is 1. The molecule has 5 nitrogen and oxygen atoms in total. The van der Waals surface area contributed by atoms with E-state index in [4.69, 9.17) is 9.84 Å². The van der Waals surface area contributed by atoms with Crippen molar-refractivity contribution < 1.29 is 24.2 Å². The molecule has 0 radical (unpaired) electrons. The number of aliphatic carboxylic acids is 1. The summed E-state index contributed by atoms with van der Waals surface area (Å²) in [6, 6.07) is 5.22. The molecule has 1 heterocycles. The molecule has 0 aliphatic carbocycles. The summed E-state index contributed by atoms with van der Waals surface area (Å²) in [5, 5.41) is 8.52. The van der Waals surface area contributed by atoms with Gasteiger partial charge in [0, 0.05) is 11.1 Å². The molecule has 5 heteroatoms. The smallest absolute Gasteiger partial charge is 0.337 e. The van der Waals surface area contributed by atoms with Crippen molar-refractivity contribution in [3.05, 3.63) is 34.9 Å². The monoisotopic (exact) mass is 272 g/mol. The van der Waals surface area contributed by atoms with Gasteiger partial charge in [0.05, 0.1) is 12.7 Å². The van der Waals surface area contributed by atoms with Gasteiger partial charge in [-0.05, 0) is 24.3 Å². The molecular formula is C15H12O5. The molecule has 2 rings (SSSR count). The van der Waals surface area contributed by atoms with E-state index in [-0.39, 0.29) is 13.0 Å². The number of benzene rings is 1. The lowest BCUT2D eigenvalue weighted by molar-refractivity contribution is -0.137. The molecule has 0 bridgehead atoms. The zero-order chi connectivity index (χ0) is 14.5. The first-order valence-corrected chi connectivity index (χ1v) is 5.86. The van der Waals surface area contributed by atoms with Crippen LogP contribution < -0.4 is 4.74 Å². The highest BCUT2D eigenvalue weighted by atomic mass is 16.5. The van der Waals surface area contributed by atoms with E-state index in [1.165, 1.54) is 7.11 Å². The van der Waals surface area contributed by atoms with E-state index in [1.807, 2.05) is 0 Å². The maximum atomic E-state index is 11.4. The highest BCUT2D eigenvalue weighted by molar-refractivity contribution is 5.95. The maximum Gasteiger partial charge on any atom is 0.337 e. The van der Waals surface area contributed by atoms with Crippen LogP contribution in [0.4, 0.5) is 0 Å². The number of carbonyl (C=O) groups excluding carboxylic acids is 1. The van der Waals surface area contributed by atoms with E-state index >= 15 is 0 Å². The predicted molar refractivity (Wildman–Crippen MR) is 71.1 cm³/mol. The molecule has 0 spiro atoms. The van der Waals surface area contributed by atoms with E-state index in [2.05, 4.69) is 16.6 Å². The van der Waals surface area contributed by atoms with Crippen LogP contribution in [-0.4, -0.2) is 30.8 Å². The molecule has 1 N–H and O–H groups in total. The second kappa shape index (κ2) is 5.93. The van der Waals surface area contributed by atoms with Crippen molar-refractivity contribution >= 4 is 18.0 Å². The number of fused-ring (bicyclic) bond motifs is 1. The average molecular weight is 272 g/mol. The molecular weight excluding hydrogens is 260 g/mol. The third kappa shape index (κ3) is 3.18. The van der Waals surface area contributed by atoms with Crippen molar-refractivity contribution in [1.29, 1.82) is 0 Å². The minimum atomic E-state index is -0.966. The Morgan fingerprint density at radius 1 is 1.45 bits per heavy atom. The average Bonchev–Trinajstić information content (AvgIpc) is 2.45. The largest absolute Gasteiger partial charge is 0.488 e. The molecule has 0 aromatic heterocycles. The third-order valence-electron chi connectivity index (χ3n) is 2.64. The van der Waals surface area contributed by atoms with Crippen molar-refractivity contribution in [3.8, 4) is 17.6 Å². The van der Waals surface area contributed by atoms with E-state index in [0.717, 1.165) is 5.56 Å². The third-order valence-corrected chi connectivity index (χ3v) is 2.64. The molecule has 0 saturated heterocycles. The van der Waals surface area contributed by atoms with Crippen LogP contribution in [0.1, 0.15) is 17.5 Å². The Morgan fingerprint density at radius 2 is 2.25 bits per heavy atom. The van der Waals surface area contributed by atoms with E-state index in [9.17, 15) is 9.59 Å². The van der Waals surface area contributed by atoms with Gasteiger partial charge < -0.3 is 14.6 Å². The van der Waals surface area contributed by atoms with Crippen LogP contribution in [0.3, 0.4) is 0 Å². The lowest BCUT2D eigenvalue weighted by Gasteiger charge is -2.16. The number of carboxylic acid groups (broad SMARTS) is 1. The Kier molecular flexibility index (Phi) is 4.06. The number of carbonyl (C=O) groups is 2. The van der Waals surface area contributed by atoms with Crippen molar-refractivity contribution in [3.63, 3.8) is 0 Å². The van der Waals surface area contributed by atoms with Gasteiger partial charge in [0.25, 0.3) is 0 Å². The van der Waals surface area contributed by atoms with Gasteiger partial charge in [-0.2, -0.15) is 0 Å². The van der Waals surface area contributed by atoms with Crippen LogP contribution in [0.15, 0.2) is 23.8 Å². The van der Waals surface area contributed by atoms with Crippen LogP contribution >= 0.6 is 0 Å². The number of rotatable bonds is 2. The fraction of sp³-hybridized carbons (Fsp3) is 0.200. The number of carboxylic acids is 1. The molecule has 102 valence electrons. The summed E-state index contributed by atoms with van der Waals surface area (Å²) in [6.45, 7) is 0.170. The minimum absolute atomic E-state index is 0.170. The highest BCUT2D eigenvalue weighted by Crippen LogP contribution is 2.27. The Hall–Kier alpha value is -2.74. The second-order valence-corrected chi connectivity index (χ2v) is 4.07. The number of hydrogen-bond acceptors (Lipinski definition) is 4. The van der Waals surface area contributed by atoms with Gasteiger partial charge in [-0.25, -0.2) is 4.79 Å². The highest BCUT2D eigenvalue weighted by Gasteiger charge is 2.17. The first-order valence-electron chi connectivity index (χ1n) is 5.86. The lowest BCUT2D eigenvalue weighted by atomic mass is 10.0. The van der Waals surface area contributed by atoms with Crippen molar-refractivity contribution in [1.82, 2.24) is 0 Å². The van der Waals surface area contributed by atoms with Gasteiger partial charge in [0.2, 0.25) is 0 Å². The summed E-state index contributed by atoms with van der Waals surface area (Å²) in [7, 11) is 1.31. The predicted octanol–water partition coefficient (Wildman–Crippen LogP) is 1.46. The fourth-order valence-corrected chi connectivity index (χ4v) is 1.73. The maximum absolute atomic E-state index is 11.4. The number of hydrogen-bond donors (Lipinski definition) is 1. The fourth-order valence-electron chi connectivity index (χ4n) is 1.73. The molecule has 1 aliphatic rings. The Bertz CT molecular complexity index is 646. The standard InChI is InChI=1S/C15H12O5/c1-19-15(18)12-8-11-7-10(3-2-4-14(16)17)5-6-13(11)20-9-12/h5-8H,4,9H2,1H3,(H,16,17). The van der Waals surface area contributed by atoms with Crippen molar-refractivity contribution in [2.45, 2.75) is 6.42 Å². The molecule has 1 aliphatic heterocycles. The number of esters is 1. The summed E-state index contributed by atoms with van der Waals surface area (Å²) < 4.78 is 10.1. The summed E-state index contributed by atoms with van der Waals surface area (Å²) >= 11 is 0. The van der Waals surface area contributed by atoms with E-state index < -0.39 is 11.9 Å². The molecule has 0 fully saturated rings. The number of ether oxygens (including phenoxy) is 2. The summed E-state index contributed by atoms with van der Waals surface area (Å²) in [4.78, 5) is 21.8. The molecule has 0 saturated carbocycles. The van der Waals surface area contributed by atoms with E-state index in [1.54, 1.807) is 24.3 Å². The van der Waals surface area contributed by atoms with Gasteiger partial charge >= 0.3 is 11.9 Å². The van der Waals surface area contributed by atoms with E-state index in [0.29, 0.717) is 16.9 Å². The van der Waals surface area contributed by atoms with Crippen LogP contribution in [0.25, 0.3) is 6.08 Å². The lowest BCUT2D eigenvalue weighted by Crippen LogP contribution is -2.15. The molecule has 0 atom stereocenters. The molecule has 1 aromatic rings. The van der Waals surface area contributed by atoms with Gasteiger partial charge in [-0.3, -0.25) is 4.79 Å². The quantitative estimate of drug-likeness (QED) is 0.652. The molecule has 0 unspecified atom stereocenters. The first kappa shape index (κ1) is 13.7. The normalized spacial score (nSPS) is 12.2. The molecule has 0 amide bonds. The second-order valence-electron chi connectivity index (χ2n) is 4.07. The van der Waals surface area contributed by atoms with Gasteiger partial charge in [-0.1, -0.05) is 11.8 Å². The van der Waals surface area contributed by atoms with Crippen LogP contribution in [-0.2, 0) is 14.3 Å². The van der Waals surface area contributed by atoms with Crippen LogP contribution in [0.5, 0.6) is 5.75 Å². The summed E-state index contributed by atoms with van der Waals surface area (Å²) in [5.74, 6) is 4.56. The zero-order valence-electron chi connectivity index (χ0n) is 10.8. The molecule has 1 aromatic carbocycles. The van der Waals surface area contributed by atoms with Gasteiger partial charge in [0.1, 0.15) is 18.8 Å². The minimum Gasteiger partial charge on any atom is -0.488 e. The van der Waals surface area contributed by atoms with Gasteiger partial charge in [0.15, 0.2) is 0 Å². The van der Waals surface area contributed by atoms with Crippen LogP contribution in [0.2, 0.25) is 0 Å². The van der Waals surface area contributed by atoms with Crippen molar-refractivity contribution in [2.24, 2.45) is 0 Å². The Balaban J connectivity index is 2.27. The van der Waals surface area contributed by atoms with Gasteiger partial charge in [-0.15, -0.1) is 0 Å². The summed E-state index contributed by atoms with van der Waals surface area (Å²) in [6.07, 6.45) is 1.48. The van der Waals surface area contributed by atoms with Crippen molar-refractivity contribution in [2.75, 3.05) is 13.7 Å². The Labute approximate surface area is 115 Å². The van der Waals surface area contributed by atoms with Crippen LogP contribution in [0, 0.1) is 11.8 Å². The SMILES string of the molecule is COC(=O)C1=Cc2cc(C#CCC(=O)O)ccc2OC1. The zero-order valence-corrected chi connectivity index (χ0v) is 10.8. The first-order chi connectivity index (χ1) is 9.60.